The Morgan fingerprint density at radius 3 is 2.50 bits per heavy atom. The summed E-state index contributed by atoms with van der Waals surface area (Å²) in [5.41, 5.74) is 1.24. The van der Waals surface area contributed by atoms with Crippen LogP contribution in [0.5, 0.6) is 0 Å². The first-order valence-electron chi connectivity index (χ1n) is 6.30. The summed E-state index contributed by atoms with van der Waals surface area (Å²) in [5, 5.41) is 3.65. The Bertz CT molecular complexity index is 329. The smallest absolute Gasteiger partial charge is 0.0486 e. The normalized spacial score (nSPS) is 25.4. The fourth-order valence-electron chi connectivity index (χ4n) is 2.51. The van der Waals surface area contributed by atoms with Gasteiger partial charge in [0, 0.05) is 16.2 Å². The molecule has 88 valence electrons. The van der Waals surface area contributed by atoms with E-state index in [9.17, 15) is 0 Å². The van der Waals surface area contributed by atoms with Gasteiger partial charge in [-0.15, -0.1) is 0 Å². The number of halogens is 1. The quantitative estimate of drug-likeness (QED) is 0.837. The van der Waals surface area contributed by atoms with Crippen molar-refractivity contribution in [2.45, 2.75) is 45.1 Å². The van der Waals surface area contributed by atoms with Crippen LogP contribution in [0.25, 0.3) is 0 Å². The fourth-order valence-corrected chi connectivity index (χ4v) is 2.91. The molecule has 1 aliphatic carbocycles. The molecule has 0 bridgehead atoms. The van der Waals surface area contributed by atoms with Gasteiger partial charge >= 0.3 is 0 Å². The molecule has 2 rings (SSSR count). The molecule has 0 aliphatic heterocycles. The number of anilines is 1. The van der Waals surface area contributed by atoms with E-state index < -0.39 is 0 Å². The number of para-hydroxylation sites is 1. The topological polar surface area (TPSA) is 12.0 Å². The lowest BCUT2D eigenvalue weighted by molar-refractivity contribution is 0.330. The highest BCUT2D eigenvalue weighted by molar-refractivity contribution is 9.10. The number of rotatable bonds is 3. The number of hydrogen-bond acceptors (Lipinski definition) is 1. The molecule has 1 saturated carbocycles. The maximum atomic E-state index is 3.65. The van der Waals surface area contributed by atoms with E-state index in [2.05, 4.69) is 52.4 Å². The molecule has 1 N–H and O–H groups in total. The van der Waals surface area contributed by atoms with Gasteiger partial charge in [-0.1, -0.05) is 25.5 Å². The Morgan fingerprint density at radius 2 is 1.88 bits per heavy atom. The summed E-state index contributed by atoms with van der Waals surface area (Å²) >= 11 is 3.59. The van der Waals surface area contributed by atoms with Gasteiger partial charge in [0.25, 0.3) is 0 Å². The van der Waals surface area contributed by atoms with Gasteiger partial charge in [-0.2, -0.15) is 0 Å². The van der Waals surface area contributed by atoms with Crippen molar-refractivity contribution in [3.05, 3.63) is 28.7 Å². The predicted molar refractivity (Wildman–Crippen MR) is 73.8 cm³/mol. The molecular formula is C14H20BrN. The van der Waals surface area contributed by atoms with Crippen molar-refractivity contribution in [2.24, 2.45) is 5.92 Å². The molecule has 1 aromatic carbocycles. The predicted octanol–water partition coefficient (Wildman–Crippen LogP) is 4.83. The van der Waals surface area contributed by atoms with Gasteiger partial charge in [0.15, 0.2) is 0 Å². The third-order valence-electron chi connectivity index (χ3n) is 3.66. The molecule has 0 saturated heterocycles. The van der Waals surface area contributed by atoms with E-state index in [0.717, 1.165) is 5.92 Å². The molecule has 1 fully saturated rings. The van der Waals surface area contributed by atoms with Crippen LogP contribution in [0.15, 0.2) is 28.7 Å². The maximum Gasteiger partial charge on any atom is 0.0486 e. The van der Waals surface area contributed by atoms with E-state index in [4.69, 9.17) is 0 Å². The second kappa shape index (κ2) is 5.72. The minimum Gasteiger partial charge on any atom is -0.381 e. The van der Waals surface area contributed by atoms with Gasteiger partial charge in [-0.25, -0.2) is 0 Å². The van der Waals surface area contributed by atoms with Crippen molar-refractivity contribution in [3.8, 4) is 0 Å². The molecule has 1 nitrogen and oxygen atoms in total. The summed E-state index contributed by atoms with van der Waals surface area (Å²) in [6.07, 6.45) is 6.76. The lowest BCUT2D eigenvalue weighted by Crippen LogP contribution is -2.25. The first-order chi connectivity index (χ1) is 7.79. The van der Waals surface area contributed by atoms with E-state index in [0.29, 0.717) is 6.04 Å². The Hall–Kier alpha value is -0.500. The second-order valence-electron chi connectivity index (χ2n) is 4.75. The number of nitrogens with one attached hydrogen (secondary N) is 1. The highest BCUT2D eigenvalue weighted by Gasteiger charge is 2.19. The van der Waals surface area contributed by atoms with Gasteiger partial charge in [-0.05, 0) is 59.7 Å². The number of benzene rings is 1. The van der Waals surface area contributed by atoms with Crippen LogP contribution in [0.1, 0.15) is 39.0 Å². The van der Waals surface area contributed by atoms with Crippen molar-refractivity contribution in [3.63, 3.8) is 0 Å². The molecule has 0 radical (unpaired) electrons. The van der Waals surface area contributed by atoms with Crippen LogP contribution >= 0.6 is 15.9 Å². The van der Waals surface area contributed by atoms with Crippen LogP contribution in [-0.2, 0) is 0 Å². The van der Waals surface area contributed by atoms with E-state index in [-0.39, 0.29) is 0 Å². The fraction of sp³-hybridized carbons (Fsp3) is 0.571. The maximum absolute atomic E-state index is 3.65. The van der Waals surface area contributed by atoms with Crippen LogP contribution in [0.3, 0.4) is 0 Å². The van der Waals surface area contributed by atoms with Gasteiger partial charge in [0.2, 0.25) is 0 Å². The summed E-state index contributed by atoms with van der Waals surface area (Å²) in [6.45, 7) is 2.31. The highest BCUT2D eigenvalue weighted by atomic mass is 79.9. The highest BCUT2D eigenvalue weighted by Crippen LogP contribution is 2.30. The van der Waals surface area contributed by atoms with Gasteiger partial charge in [-0.3, -0.25) is 0 Å². The van der Waals surface area contributed by atoms with Crippen LogP contribution < -0.4 is 5.32 Å². The lowest BCUT2D eigenvalue weighted by atomic mass is 9.84. The van der Waals surface area contributed by atoms with E-state index in [1.807, 2.05) is 0 Å². The van der Waals surface area contributed by atoms with Crippen LogP contribution in [-0.4, -0.2) is 6.04 Å². The average molecular weight is 282 g/mol. The van der Waals surface area contributed by atoms with Crippen molar-refractivity contribution >= 4 is 21.6 Å². The molecule has 0 amide bonds. The van der Waals surface area contributed by atoms with Gasteiger partial charge in [0.1, 0.15) is 0 Å². The molecule has 0 aromatic heterocycles. The largest absolute Gasteiger partial charge is 0.381 e. The van der Waals surface area contributed by atoms with Crippen molar-refractivity contribution in [2.75, 3.05) is 5.32 Å². The molecule has 1 aliphatic rings. The first kappa shape index (κ1) is 12.0. The Balaban J connectivity index is 1.89. The molecule has 0 spiro atoms. The Kier molecular flexibility index (Phi) is 4.28. The molecule has 2 heteroatoms. The molecule has 16 heavy (non-hydrogen) atoms. The number of hydrogen-bond donors (Lipinski definition) is 1. The Labute approximate surface area is 107 Å². The first-order valence-corrected chi connectivity index (χ1v) is 7.10. The van der Waals surface area contributed by atoms with Gasteiger partial charge < -0.3 is 5.32 Å². The molecular weight excluding hydrogens is 262 g/mol. The summed E-state index contributed by atoms with van der Waals surface area (Å²) < 4.78 is 1.17. The molecule has 1 aromatic rings. The minimum atomic E-state index is 0.668. The van der Waals surface area contributed by atoms with E-state index in [1.165, 1.54) is 42.3 Å². The van der Waals surface area contributed by atoms with Crippen LogP contribution in [0, 0.1) is 5.92 Å². The zero-order valence-corrected chi connectivity index (χ0v) is 11.5. The SMILES string of the molecule is CCC1CCC(Nc2ccccc2Br)CC1. The summed E-state index contributed by atoms with van der Waals surface area (Å²) in [5.74, 6) is 0.970. The molecule has 0 unspecified atom stereocenters. The molecule has 0 atom stereocenters. The van der Waals surface area contributed by atoms with E-state index in [1.54, 1.807) is 0 Å². The van der Waals surface area contributed by atoms with Crippen molar-refractivity contribution < 1.29 is 0 Å². The molecule has 0 heterocycles. The van der Waals surface area contributed by atoms with Crippen molar-refractivity contribution in [1.82, 2.24) is 0 Å². The average Bonchev–Trinajstić information content (AvgIpc) is 2.33. The second-order valence-corrected chi connectivity index (χ2v) is 5.60. The third kappa shape index (κ3) is 3.00. The summed E-state index contributed by atoms with van der Waals surface area (Å²) in [7, 11) is 0. The summed E-state index contributed by atoms with van der Waals surface area (Å²) in [4.78, 5) is 0. The van der Waals surface area contributed by atoms with Crippen LogP contribution in [0.4, 0.5) is 5.69 Å². The Morgan fingerprint density at radius 1 is 1.19 bits per heavy atom. The van der Waals surface area contributed by atoms with Crippen molar-refractivity contribution in [1.29, 1.82) is 0 Å². The monoisotopic (exact) mass is 281 g/mol. The zero-order chi connectivity index (χ0) is 11.4. The lowest BCUT2D eigenvalue weighted by Gasteiger charge is -2.29. The zero-order valence-electron chi connectivity index (χ0n) is 9.88. The van der Waals surface area contributed by atoms with Gasteiger partial charge in [0.05, 0.1) is 0 Å². The third-order valence-corrected chi connectivity index (χ3v) is 4.35. The minimum absolute atomic E-state index is 0.668. The van der Waals surface area contributed by atoms with Crippen LogP contribution in [0.2, 0.25) is 0 Å². The summed E-state index contributed by atoms with van der Waals surface area (Å²) in [6, 6.07) is 9.06. The van der Waals surface area contributed by atoms with E-state index >= 15 is 0 Å². The standard InChI is InChI=1S/C14H20BrN/c1-2-11-7-9-12(10-8-11)16-14-6-4-3-5-13(14)15/h3-6,11-12,16H,2,7-10H2,1H3.